The zero-order valence-corrected chi connectivity index (χ0v) is 9.66. The summed E-state index contributed by atoms with van der Waals surface area (Å²) in [5.41, 5.74) is -0.996. The Balaban J connectivity index is 3.66. The summed E-state index contributed by atoms with van der Waals surface area (Å²) in [4.78, 5) is 0. The summed E-state index contributed by atoms with van der Waals surface area (Å²) in [6.07, 6.45) is -10.5. The van der Waals surface area contributed by atoms with Gasteiger partial charge in [-0.1, -0.05) is 0 Å². The van der Waals surface area contributed by atoms with Crippen molar-refractivity contribution < 1.29 is 44.6 Å². The fourth-order valence-electron chi connectivity index (χ4n) is 1.42. The quantitative estimate of drug-likeness (QED) is 0.501. The van der Waals surface area contributed by atoms with Crippen molar-refractivity contribution in [2.24, 2.45) is 0 Å². The van der Waals surface area contributed by atoms with E-state index in [0.717, 1.165) is 0 Å². The van der Waals surface area contributed by atoms with Gasteiger partial charge in [-0.05, 0) is 12.1 Å². The summed E-state index contributed by atoms with van der Waals surface area (Å²) in [6.45, 7) is 0. The normalized spacial score (nSPS) is 13.8. The summed E-state index contributed by atoms with van der Waals surface area (Å²) in [7, 11) is 0. The zero-order chi connectivity index (χ0) is 16.8. The minimum Gasteiger partial charge on any atom is -0.506 e. The van der Waals surface area contributed by atoms with E-state index in [1.54, 1.807) is 0 Å². The van der Waals surface area contributed by atoms with Crippen LogP contribution in [0.1, 0.15) is 11.1 Å². The van der Waals surface area contributed by atoms with E-state index in [1.807, 2.05) is 0 Å². The number of rotatable bonds is 3. The van der Waals surface area contributed by atoms with Gasteiger partial charge in [-0.3, -0.25) is 0 Å². The maximum atomic E-state index is 13.4. The van der Waals surface area contributed by atoms with Crippen LogP contribution in [0.15, 0.2) is 12.1 Å². The van der Waals surface area contributed by atoms with E-state index in [2.05, 4.69) is 0 Å². The van der Waals surface area contributed by atoms with Crippen molar-refractivity contribution in [3.63, 3.8) is 0 Å². The van der Waals surface area contributed by atoms with Gasteiger partial charge in [0, 0.05) is 5.56 Å². The highest BCUT2D eigenvalue weighted by Crippen LogP contribution is 2.51. The molecule has 0 saturated heterocycles. The lowest BCUT2D eigenvalue weighted by Gasteiger charge is -2.28. The number of nitrogens with two attached hydrogens (primary N) is 1. The molecule has 0 amide bonds. The van der Waals surface area contributed by atoms with Gasteiger partial charge in [-0.15, -0.1) is 0 Å². The monoisotopic (exact) mass is 327 g/mol. The van der Waals surface area contributed by atoms with E-state index in [4.69, 9.17) is 10.8 Å². The molecule has 0 aliphatic carbocycles. The smallest absolute Gasteiger partial charge is 0.416 e. The third-order valence-electron chi connectivity index (χ3n) is 2.50. The summed E-state index contributed by atoms with van der Waals surface area (Å²) >= 11 is 0. The van der Waals surface area contributed by atoms with Crippen LogP contribution in [-0.4, -0.2) is 17.5 Å². The van der Waals surface area contributed by atoms with Crippen molar-refractivity contribution in [3.8, 4) is 5.75 Å². The Hall–Kier alpha value is -1.81. The Morgan fingerprint density at radius 1 is 0.905 bits per heavy atom. The van der Waals surface area contributed by atoms with Crippen LogP contribution in [0.2, 0.25) is 0 Å². The molecular formula is C10H6F9NO. The largest absolute Gasteiger partial charge is 0.506 e. The number of alkyl halides is 9. The average molecular weight is 327 g/mol. The van der Waals surface area contributed by atoms with Crippen molar-refractivity contribution in [3.05, 3.63) is 23.3 Å². The summed E-state index contributed by atoms with van der Waals surface area (Å²) in [5.74, 6) is -13.3. The van der Waals surface area contributed by atoms with Crippen molar-refractivity contribution >= 4 is 5.69 Å². The number of benzene rings is 1. The van der Waals surface area contributed by atoms with Crippen LogP contribution in [0.5, 0.6) is 5.75 Å². The fourth-order valence-corrected chi connectivity index (χ4v) is 1.42. The molecule has 0 aromatic heterocycles. The minimum atomic E-state index is -6.07. The maximum Gasteiger partial charge on any atom is 0.416 e. The van der Waals surface area contributed by atoms with Gasteiger partial charge in [0.2, 0.25) is 0 Å². The van der Waals surface area contributed by atoms with Crippen molar-refractivity contribution in [1.82, 2.24) is 0 Å². The second kappa shape index (κ2) is 4.88. The van der Waals surface area contributed by atoms with Crippen LogP contribution in [-0.2, 0) is 12.1 Å². The first-order chi connectivity index (χ1) is 9.23. The second-order valence-electron chi connectivity index (χ2n) is 3.95. The molecule has 21 heavy (non-hydrogen) atoms. The molecular weight excluding hydrogens is 321 g/mol. The summed E-state index contributed by atoms with van der Waals surface area (Å²) in [6, 6.07) is -0.644. The first-order valence-corrected chi connectivity index (χ1v) is 4.96. The van der Waals surface area contributed by atoms with Gasteiger partial charge in [0.05, 0.1) is 11.3 Å². The maximum absolute atomic E-state index is 13.4. The number of phenols is 1. The molecule has 120 valence electrons. The Morgan fingerprint density at radius 3 is 1.76 bits per heavy atom. The fraction of sp³-hybridized carbons (Fsp3) is 0.400. The van der Waals surface area contributed by atoms with Crippen LogP contribution >= 0.6 is 0 Å². The van der Waals surface area contributed by atoms with Crippen molar-refractivity contribution in [2.75, 3.05) is 5.73 Å². The zero-order valence-electron chi connectivity index (χ0n) is 9.66. The Morgan fingerprint density at radius 2 is 1.38 bits per heavy atom. The molecule has 0 unspecified atom stereocenters. The molecule has 1 aromatic rings. The predicted octanol–water partition coefficient (Wildman–Crippen LogP) is 3.99. The molecule has 0 saturated carbocycles. The van der Waals surface area contributed by atoms with Crippen LogP contribution in [0.25, 0.3) is 0 Å². The van der Waals surface area contributed by atoms with Gasteiger partial charge in [0.15, 0.2) is 0 Å². The third kappa shape index (κ3) is 2.81. The SMILES string of the molecule is Nc1cc(C(F)(F)F)c(C(F)(F)C(F)(F)C(F)F)cc1O. The van der Waals surface area contributed by atoms with E-state index in [1.165, 1.54) is 0 Å². The molecule has 1 aromatic carbocycles. The topological polar surface area (TPSA) is 46.2 Å². The molecule has 0 radical (unpaired) electrons. The molecule has 1 rings (SSSR count). The van der Waals surface area contributed by atoms with Gasteiger partial charge in [-0.25, -0.2) is 8.78 Å². The second-order valence-corrected chi connectivity index (χ2v) is 3.95. The first-order valence-electron chi connectivity index (χ1n) is 4.96. The number of hydrogen-bond donors (Lipinski definition) is 2. The van der Waals surface area contributed by atoms with Crippen molar-refractivity contribution in [1.29, 1.82) is 0 Å². The Labute approximate surface area is 111 Å². The lowest BCUT2D eigenvalue weighted by molar-refractivity contribution is -0.272. The number of aromatic hydroxyl groups is 1. The lowest BCUT2D eigenvalue weighted by Crippen LogP contribution is -2.45. The molecule has 3 N–H and O–H groups in total. The molecule has 0 aliphatic rings. The number of halogens is 9. The van der Waals surface area contributed by atoms with Crippen LogP contribution < -0.4 is 5.73 Å². The summed E-state index contributed by atoms with van der Waals surface area (Å²) < 4.78 is 114. The molecule has 11 heteroatoms. The summed E-state index contributed by atoms with van der Waals surface area (Å²) in [5, 5.41) is 9.00. The molecule has 2 nitrogen and oxygen atoms in total. The average Bonchev–Trinajstić information content (AvgIpc) is 2.30. The van der Waals surface area contributed by atoms with E-state index in [-0.39, 0.29) is 6.07 Å². The minimum absolute atomic E-state index is 0.236. The predicted molar refractivity (Wildman–Crippen MR) is 52.4 cm³/mol. The number of anilines is 1. The van der Waals surface area contributed by atoms with Gasteiger partial charge in [0.1, 0.15) is 5.75 Å². The van der Waals surface area contributed by atoms with Crippen LogP contribution in [0, 0.1) is 0 Å². The van der Waals surface area contributed by atoms with Gasteiger partial charge in [-0.2, -0.15) is 30.7 Å². The van der Waals surface area contributed by atoms with E-state index >= 15 is 0 Å². The van der Waals surface area contributed by atoms with E-state index in [9.17, 15) is 39.5 Å². The highest BCUT2D eigenvalue weighted by atomic mass is 19.4. The Kier molecular flexibility index (Phi) is 4.01. The molecule has 0 heterocycles. The number of nitrogen functional groups attached to an aromatic ring is 1. The van der Waals surface area contributed by atoms with Crippen LogP contribution in [0.3, 0.4) is 0 Å². The number of hydrogen-bond acceptors (Lipinski definition) is 2. The standard InChI is InChI=1S/C10H6F9NO/c11-7(12)9(15,16)8(13,14)3-2-6(21)5(20)1-4(3)10(17,18)19/h1-2,7,21H,20H2. The molecule has 0 aliphatic heterocycles. The first kappa shape index (κ1) is 17.2. The van der Waals surface area contributed by atoms with Crippen molar-refractivity contribution in [2.45, 2.75) is 24.4 Å². The number of phenolic OH excluding ortho intramolecular Hbond substituents is 1. The van der Waals surface area contributed by atoms with E-state index < -0.39 is 53.1 Å². The highest BCUT2D eigenvalue weighted by molar-refractivity contribution is 5.58. The van der Waals surface area contributed by atoms with E-state index in [0.29, 0.717) is 0 Å². The molecule has 0 bridgehead atoms. The molecule has 0 spiro atoms. The lowest BCUT2D eigenvalue weighted by atomic mass is 9.95. The van der Waals surface area contributed by atoms with Gasteiger partial charge in [0.25, 0.3) is 0 Å². The Bertz CT molecular complexity index is 538. The van der Waals surface area contributed by atoms with Crippen LogP contribution in [0.4, 0.5) is 45.2 Å². The highest BCUT2D eigenvalue weighted by Gasteiger charge is 2.65. The van der Waals surface area contributed by atoms with Gasteiger partial charge < -0.3 is 10.8 Å². The third-order valence-corrected chi connectivity index (χ3v) is 2.50. The molecule has 0 fully saturated rings. The molecule has 0 atom stereocenters. The van der Waals surface area contributed by atoms with Gasteiger partial charge >= 0.3 is 24.4 Å².